The zero-order valence-electron chi connectivity index (χ0n) is 15.3. The van der Waals surface area contributed by atoms with Crippen LogP contribution in [-0.4, -0.2) is 27.8 Å². The number of carbonyl (C=O) groups excluding carboxylic acids is 1. The summed E-state index contributed by atoms with van der Waals surface area (Å²) in [4.78, 5) is 17.5. The van der Waals surface area contributed by atoms with E-state index in [1.165, 1.54) is 6.33 Å². The molecular formula is C20H18ClN5O2. The number of ether oxygens (including phenoxy) is 1. The van der Waals surface area contributed by atoms with Gasteiger partial charge in [0.1, 0.15) is 18.1 Å². The number of fused-ring (bicyclic) bond motifs is 1. The van der Waals surface area contributed by atoms with Gasteiger partial charge in [0.15, 0.2) is 0 Å². The van der Waals surface area contributed by atoms with Crippen molar-refractivity contribution < 1.29 is 9.53 Å². The predicted octanol–water partition coefficient (Wildman–Crippen LogP) is 3.87. The van der Waals surface area contributed by atoms with Crippen LogP contribution in [-0.2, 0) is 4.79 Å². The fraction of sp³-hybridized carbons (Fsp3) is 0.150. The van der Waals surface area contributed by atoms with Gasteiger partial charge in [-0.3, -0.25) is 4.79 Å². The number of rotatable bonds is 4. The van der Waals surface area contributed by atoms with Crippen LogP contribution in [0.3, 0.4) is 0 Å². The van der Waals surface area contributed by atoms with E-state index in [0.717, 1.165) is 5.56 Å². The van der Waals surface area contributed by atoms with Gasteiger partial charge in [0.2, 0.25) is 5.95 Å². The van der Waals surface area contributed by atoms with Crippen molar-refractivity contribution in [1.82, 2.24) is 14.8 Å². The van der Waals surface area contributed by atoms with E-state index in [2.05, 4.69) is 20.7 Å². The minimum atomic E-state index is -0.484. The van der Waals surface area contributed by atoms with Crippen LogP contribution in [0.1, 0.15) is 18.5 Å². The molecule has 0 saturated heterocycles. The molecule has 1 aliphatic heterocycles. The van der Waals surface area contributed by atoms with Gasteiger partial charge in [-0.15, -0.1) is 0 Å². The summed E-state index contributed by atoms with van der Waals surface area (Å²) >= 11 is 5.94. The quantitative estimate of drug-likeness (QED) is 0.700. The highest BCUT2D eigenvalue weighted by Crippen LogP contribution is 2.38. The van der Waals surface area contributed by atoms with Gasteiger partial charge in [-0.05, 0) is 37.3 Å². The average Bonchev–Trinajstić information content (AvgIpc) is 3.16. The van der Waals surface area contributed by atoms with E-state index in [0.29, 0.717) is 33.7 Å². The highest BCUT2D eigenvalue weighted by Gasteiger charge is 2.35. The Kier molecular flexibility index (Phi) is 4.75. The molecule has 0 spiro atoms. The van der Waals surface area contributed by atoms with Crippen LogP contribution < -0.4 is 15.4 Å². The third-order valence-corrected chi connectivity index (χ3v) is 4.83. The Hall–Kier alpha value is -3.32. The number of aromatic nitrogens is 3. The minimum Gasteiger partial charge on any atom is -0.496 e. The van der Waals surface area contributed by atoms with Gasteiger partial charge in [0.25, 0.3) is 5.91 Å². The smallest absolute Gasteiger partial charge is 0.255 e. The first-order chi connectivity index (χ1) is 13.6. The molecule has 142 valence electrons. The van der Waals surface area contributed by atoms with Crippen molar-refractivity contribution in [2.45, 2.75) is 13.0 Å². The summed E-state index contributed by atoms with van der Waals surface area (Å²) in [5, 5.41) is 11.0. The summed E-state index contributed by atoms with van der Waals surface area (Å²) in [5.41, 5.74) is 2.69. The second kappa shape index (κ2) is 7.36. The molecule has 1 unspecified atom stereocenters. The molecule has 2 N–H and O–H groups in total. The first kappa shape index (κ1) is 18.1. The Morgan fingerprint density at radius 2 is 1.96 bits per heavy atom. The van der Waals surface area contributed by atoms with Crippen molar-refractivity contribution in [3.63, 3.8) is 0 Å². The summed E-state index contributed by atoms with van der Waals surface area (Å²) in [6.07, 6.45) is 1.46. The largest absolute Gasteiger partial charge is 0.496 e. The van der Waals surface area contributed by atoms with E-state index in [1.54, 1.807) is 36.1 Å². The summed E-state index contributed by atoms with van der Waals surface area (Å²) in [5.74, 6) is 0.987. The summed E-state index contributed by atoms with van der Waals surface area (Å²) < 4.78 is 7.22. The number of hydrogen-bond acceptors (Lipinski definition) is 5. The van der Waals surface area contributed by atoms with Crippen molar-refractivity contribution in [3.8, 4) is 5.75 Å². The van der Waals surface area contributed by atoms with Crippen LogP contribution in [0.15, 0.2) is 66.1 Å². The van der Waals surface area contributed by atoms with Gasteiger partial charge in [0, 0.05) is 22.0 Å². The molecule has 0 aliphatic carbocycles. The van der Waals surface area contributed by atoms with E-state index in [4.69, 9.17) is 16.3 Å². The Morgan fingerprint density at radius 1 is 1.21 bits per heavy atom. The predicted molar refractivity (Wildman–Crippen MR) is 108 cm³/mol. The van der Waals surface area contributed by atoms with E-state index >= 15 is 0 Å². The standard InChI is InChI=1S/C20H18ClN5O2/c1-12-17(19(27)25-14-9-7-13(21)8-10-14)18(26-20(24-12)22-11-23-26)15-5-3-4-6-16(15)28-2/h3-11,18H,1-2H3,(H,25,27)(H,22,23,24). The molecule has 1 aromatic heterocycles. The maximum atomic E-state index is 13.2. The number of nitrogens with zero attached hydrogens (tertiary/aromatic N) is 3. The maximum absolute atomic E-state index is 13.2. The molecule has 1 amide bonds. The molecule has 4 rings (SSSR count). The fourth-order valence-corrected chi connectivity index (χ4v) is 3.42. The Morgan fingerprint density at radius 3 is 2.71 bits per heavy atom. The van der Waals surface area contributed by atoms with Crippen molar-refractivity contribution in [2.75, 3.05) is 17.7 Å². The SMILES string of the molecule is COc1ccccc1C1C(C(=O)Nc2ccc(Cl)cc2)=C(C)Nc2ncnn21. The van der Waals surface area contributed by atoms with Gasteiger partial charge in [-0.1, -0.05) is 29.8 Å². The lowest BCUT2D eigenvalue weighted by Gasteiger charge is -2.29. The zero-order chi connectivity index (χ0) is 19.7. The number of nitrogens with one attached hydrogen (secondary N) is 2. The second-order valence-electron chi connectivity index (χ2n) is 6.30. The molecule has 1 aliphatic rings. The van der Waals surface area contributed by atoms with Gasteiger partial charge in [-0.2, -0.15) is 10.1 Å². The van der Waals surface area contributed by atoms with Crippen LogP contribution in [0, 0.1) is 0 Å². The molecule has 28 heavy (non-hydrogen) atoms. The summed E-state index contributed by atoms with van der Waals surface area (Å²) in [6.45, 7) is 1.84. The number of amides is 1. The average molecular weight is 396 g/mol. The fourth-order valence-electron chi connectivity index (χ4n) is 3.30. The van der Waals surface area contributed by atoms with Gasteiger partial charge >= 0.3 is 0 Å². The highest BCUT2D eigenvalue weighted by atomic mass is 35.5. The van der Waals surface area contributed by atoms with Crippen LogP contribution in [0.25, 0.3) is 0 Å². The first-order valence-electron chi connectivity index (χ1n) is 8.65. The molecule has 0 bridgehead atoms. The lowest BCUT2D eigenvalue weighted by molar-refractivity contribution is -0.113. The van der Waals surface area contributed by atoms with Crippen molar-refractivity contribution in [2.24, 2.45) is 0 Å². The number of halogens is 1. The van der Waals surface area contributed by atoms with Gasteiger partial charge in [0.05, 0.1) is 12.7 Å². The number of methoxy groups -OCH3 is 1. The van der Waals surface area contributed by atoms with Crippen molar-refractivity contribution in [1.29, 1.82) is 0 Å². The van der Waals surface area contributed by atoms with E-state index in [9.17, 15) is 4.79 Å². The summed E-state index contributed by atoms with van der Waals surface area (Å²) in [7, 11) is 1.60. The van der Waals surface area contributed by atoms with Crippen molar-refractivity contribution in [3.05, 3.63) is 76.7 Å². The third-order valence-electron chi connectivity index (χ3n) is 4.57. The number of hydrogen-bond donors (Lipinski definition) is 2. The lowest BCUT2D eigenvalue weighted by atomic mass is 9.94. The van der Waals surface area contributed by atoms with Crippen LogP contribution in [0.2, 0.25) is 5.02 Å². The molecule has 0 saturated carbocycles. The topological polar surface area (TPSA) is 81.1 Å². The Balaban J connectivity index is 1.78. The second-order valence-corrected chi connectivity index (χ2v) is 6.73. The van der Waals surface area contributed by atoms with E-state index < -0.39 is 6.04 Å². The molecule has 0 radical (unpaired) electrons. The normalized spacial score (nSPS) is 15.6. The monoisotopic (exact) mass is 395 g/mol. The van der Waals surface area contributed by atoms with Gasteiger partial charge < -0.3 is 15.4 Å². The zero-order valence-corrected chi connectivity index (χ0v) is 16.1. The van der Waals surface area contributed by atoms with Crippen LogP contribution in [0.5, 0.6) is 5.75 Å². The molecule has 7 nitrogen and oxygen atoms in total. The Labute approximate surface area is 167 Å². The number of para-hydroxylation sites is 1. The number of benzene rings is 2. The van der Waals surface area contributed by atoms with Crippen LogP contribution in [0.4, 0.5) is 11.6 Å². The summed E-state index contributed by atoms with van der Waals surface area (Å²) in [6, 6.07) is 14.0. The van der Waals surface area contributed by atoms with Gasteiger partial charge in [-0.25, -0.2) is 4.68 Å². The minimum absolute atomic E-state index is 0.246. The maximum Gasteiger partial charge on any atom is 0.255 e. The molecule has 2 aromatic carbocycles. The van der Waals surface area contributed by atoms with Crippen molar-refractivity contribution >= 4 is 29.1 Å². The number of allylic oxidation sites excluding steroid dienone is 1. The molecule has 2 heterocycles. The highest BCUT2D eigenvalue weighted by molar-refractivity contribution is 6.30. The number of carbonyl (C=O) groups is 1. The van der Waals surface area contributed by atoms with E-state index in [1.807, 2.05) is 31.2 Å². The molecule has 0 fully saturated rings. The Bertz CT molecular complexity index is 1060. The first-order valence-corrected chi connectivity index (χ1v) is 9.03. The van der Waals surface area contributed by atoms with Crippen LogP contribution >= 0.6 is 11.6 Å². The van der Waals surface area contributed by atoms with E-state index in [-0.39, 0.29) is 5.91 Å². The molecule has 3 aromatic rings. The number of anilines is 2. The molecular weight excluding hydrogens is 378 g/mol. The third kappa shape index (κ3) is 3.20. The lowest BCUT2D eigenvalue weighted by Crippen LogP contribution is -2.31. The molecule has 8 heteroatoms. The molecule has 1 atom stereocenters.